The van der Waals surface area contributed by atoms with Gasteiger partial charge in [0.05, 0.1) is 19.4 Å². The van der Waals surface area contributed by atoms with E-state index in [9.17, 15) is 0 Å². The Bertz CT molecular complexity index is 1030. The highest BCUT2D eigenvalue weighted by Crippen LogP contribution is 2.36. The van der Waals surface area contributed by atoms with Gasteiger partial charge in [0.25, 0.3) is 0 Å². The number of aryl methyl sites for hydroxylation is 3. The lowest BCUT2D eigenvalue weighted by molar-refractivity contribution is 0.190. The molecule has 0 fully saturated rings. The van der Waals surface area contributed by atoms with E-state index in [1.54, 1.807) is 14.2 Å². The van der Waals surface area contributed by atoms with E-state index >= 15 is 0 Å². The number of hydrogen-bond acceptors (Lipinski definition) is 5. The monoisotopic (exact) mass is 416 g/mol. The maximum atomic E-state index is 5.37. The van der Waals surface area contributed by atoms with Crippen molar-refractivity contribution in [2.75, 3.05) is 26.1 Å². The van der Waals surface area contributed by atoms with Gasteiger partial charge >= 0.3 is 0 Å². The van der Waals surface area contributed by atoms with Crippen LogP contribution in [0.4, 0.5) is 5.82 Å². The number of aromatic nitrogens is 3. The molecule has 0 saturated carbocycles. The Morgan fingerprint density at radius 3 is 2.69 bits per heavy atom. The molecule has 6 nitrogen and oxygen atoms in total. The van der Waals surface area contributed by atoms with Crippen LogP contribution in [0.5, 0.6) is 5.75 Å². The number of ether oxygens (including phenoxy) is 2. The molecule has 1 aliphatic rings. The van der Waals surface area contributed by atoms with Crippen molar-refractivity contribution in [3.8, 4) is 16.9 Å². The first-order chi connectivity index (χ1) is 13.5. The van der Waals surface area contributed by atoms with Crippen LogP contribution in [0.2, 0.25) is 0 Å². The molecule has 0 bridgehead atoms. The van der Waals surface area contributed by atoms with E-state index in [-0.39, 0.29) is 18.4 Å². The van der Waals surface area contributed by atoms with Gasteiger partial charge in [0.1, 0.15) is 11.6 Å². The van der Waals surface area contributed by atoms with Gasteiger partial charge in [0.2, 0.25) is 0 Å². The summed E-state index contributed by atoms with van der Waals surface area (Å²) in [5, 5.41) is 8.51. The molecule has 4 rings (SSSR count). The quantitative estimate of drug-likeness (QED) is 0.646. The minimum absolute atomic E-state index is 0. The number of halogens is 1. The summed E-state index contributed by atoms with van der Waals surface area (Å²) in [6, 6.07) is 6.36. The van der Waals surface area contributed by atoms with Crippen molar-refractivity contribution in [2.24, 2.45) is 0 Å². The largest absolute Gasteiger partial charge is 0.497 e. The van der Waals surface area contributed by atoms with E-state index in [1.807, 2.05) is 10.6 Å². The third-order valence-corrected chi connectivity index (χ3v) is 5.47. The van der Waals surface area contributed by atoms with E-state index in [2.05, 4.69) is 38.2 Å². The lowest BCUT2D eigenvalue weighted by atomic mass is 10.0. The van der Waals surface area contributed by atoms with Crippen molar-refractivity contribution in [1.82, 2.24) is 14.6 Å². The Morgan fingerprint density at radius 1 is 1.21 bits per heavy atom. The fourth-order valence-corrected chi connectivity index (χ4v) is 4.17. The zero-order valence-electron chi connectivity index (χ0n) is 17.7. The second-order valence-electron chi connectivity index (χ2n) is 7.62. The Kier molecular flexibility index (Phi) is 6.34. The zero-order valence-corrected chi connectivity index (χ0v) is 18.5. The van der Waals surface area contributed by atoms with Crippen LogP contribution in [0.1, 0.15) is 35.9 Å². The molecule has 2 aromatic heterocycles. The molecule has 1 unspecified atom stereocenters. The number of benzene rings is 1. The molecule has 3 aromatic rings. The Labute approximate surface area is 178 Å². The van der Waals surface area contributed by atoms with Gasteiger partial charge < -0.3 is 14.8 Å². The van der Waals surface area contributed by atoms with E-state index in [4.69, 9.17) is 19.6 Å². The molecule has 1 aromatic carbocycles. The van der Waals surface area contributed by atoms with Crippen molar-refractivity contribution < 1.29 is 9.47 Å². The molecule has 1 atom stereocenters. The lowest BCUT2D eigenvalue weighted by Gasteiger charge is -2.18. The molecule has 0 saturated heterocycles. The number of fused-ring (bicyclic) bond motifs is 2. The SMILES string of the molecule is COCC(C)Nc1c2c(nc3c(-c4ccc(OC)cc4C)c(C)nn13)CCC2.Cl. The average molecular weight is 417 g/mol. The molecule has 0 aliphatic heterocycles. The predicted octanol–water partition coefficient (Wildman–Crippen LogP) is 4.38. The van der Waals surface area contributed by atoms with Crippen molar-refractivity contribution in [1.29, 1.82) is 0 Å². The van der Waals surface area contributed by atoms with Gasteiger partial charge in [-0.3, -0.25) is 0 Å². The molecule has 0 spiro atoms. The highest BCUT2D eigenvalue weighted by Gasteiger charge is 2.25. The Morgan fingerprint density at radius 2 is 2.00 bits per heavy atom. The number of rotatable bonds is 6. The summed E-state index contributed by atoms with van der Waals surface area (Å²) in [6.45, 7) is 6.93. The molecule has 2 heterocycles. The van der Waals surface area contributed by atoms with E-state index < -0.39 is 0 Å². The van der Waals surface area contributed by atoms with Gasteiger partial charge in [-0.25, -0.2) is 4.98 Å². The Balaban J connectivity index is 0.00000240. The van der Waals surface area contributed by atoms with Crippen LogP contribution < -0.4 is 10.1 Å². The summed E-state index contributed by atoms with van der Waals surface area (Å²) in [6.07, 6.45) is 3.19. The summed E-state index contributed by atoms with van der Waals surface area (Å²) < 4.78 is 12.7. The molecular formula is C22H29ClN4O2. The normalized spacial score (nSPS) is 13.8. The summed E-state index contributed by atoms with van der Waals surface area (Å²) in [5.41, 5.74) is 7.77. The van der Waals surface area contributed by atoms with Gasteiger partial charge in [-0.1, -0.05) is 6.07 Å². The highest BCUT2D eigenvalue weighted by molar-refractivity contribution is 5.85. The summed E-state index contributed by atoms with van der Waals surface area (Å²) >= 11 is 0. The topological polar surface area (TPSA) is 60.7 Å². The summed E-state index contributed by atoms with van der Waals surface area (Å²) in [5.74, 6) is 1.92. The van der Waals surface area contributed by atoms with Gasteiger partial charge in [-0.2, -0.15) is 9.61 Å². The first-order valence-corrected chi connectivity index (χ1v) is 9.85. The number of methoxy groups -OCH3 is 2. The van der Waals surface area contributed by atoms with Crippen LogP contribution >= 0.6 is 12.4 Å². The average Bonchev–Trinajstić information content (AvgIpc) is 3.26. The highest BCUT2D eigenvalue weighted by atomic mass is 35.5. The summed E-state index contributed by atoms with van der Waals surface area (Å²) in [7, 11) is 3.42. The van der Waals surface area contributed by atoms with Gasteiger partial charge in [0, 0.05) is 30.0 Å². The third kappa shape index (κ3) is 3.79. The van der Waals surface area contributed by atoms with Crippen molar-refractivity contribution in [3.05, 3.63) is 40.7 Å². The number of hydrogen-bond donors (Lipinski definition) is 1. The minimum Gasteiger partial charge on any atom is -0.497 e. The van der Waals surface area contributed by atoms with Gasteiger partial charge in [-0.15, -0.1) is 12.4 Å². The predicted molar refractivity (Wildman–Crippen MR) is 119 cm³/mol. The first-order valence-electron chi connectivity index (χ1n) is 9.85. The van der Waals surface area contributed by atoms with E-state index in [0.717, 1.165) is 58.9 Å². The van der Waals surface area contributed by atoms with Crippen LogP contribution in [-0.4, -0.2) is 41.5 Å². The molecule has 7 heteroatoms. The smallest absolute Gasteiger partial charge is 0.165 e. The number of nitrogens with one attached hydrogen (secondary N) is 1. The van der Waals surface area contributed by atoms with E-state index in [0.29, 0.717) is 6.61 Å². The molecule has 0 radical (unpaired) electrons. The first kappa shape index (κ1) is 21.4. The molecule has 1 aliphatic carbocycles. The third-order valence-electron chi connectivity index (χ3n) is 5.47. The fourth-order valence-electron chi connectivity index (χ4n) is 4.17. The van der Waals surface area contributed by atoms with Crippen molar-refractivity contribution in [2.45, 2.75) is 46.1 Å². The molecular weight excluding hydrogens is 388 g/mol. The molecule has 156 valence electrons. The maximum absolute atomic E-state index is 5.37. The second kappa shape index (κ2) is 8.59. The molecule has 1 N–H and O–H groups in total. The standard InChI is InChI=1S/C22H28N4O2.ClH/c1-13-11-16(28-5)9-10-17(13)20-15(3)25-26-21(23-14(2)12-27-4)18-7-6-8-19(18)24-22(20)26;/h9-11,14,23H,6-8,12H2,1-5H3;1H. The van der Waals surface area contributed by atoms with Crippen molar-refractivity contribution in [3.63, 3.8) is 0 Å². The van der Waals surface area contributed by atoms with Crippen LogP contribution in [0.25, 0.3) is 16.8 Å². The zero-order chi connectivity index (χ0) is 19.8. The van der Waals surface area contributed by atoms with Crippen LogP contribution in [0, 0.1) is 13.8 Å². The van der Waals surface area contributed by atoms with Crippen LogP contribution in [-0.2, 0) is 17.6 Å². The number of anilines is 1. The second-order valence-corrected chi connectivity index (χ2v) is 7.62. The fraction of sp³-hybridized carbons (Fsp3) is 0.455. The molecule has 29 heavy (non-hydrogen) atoms. The summed E-state index contributed by atoms with van der Waals surface area (Å²) in [4.78, 5) is 5.05. The Hall–Kier alpha value is -2.31. The van der Waals surface area contributed by atoms with Gasteiger partial charge in [-0.05, 0) is 63.3 Å². The van der Waals surface area contributed by atoms with Crippen molar-refractivity contribution >= 4 is 23.9 Å². The van der Waals surface area contributed by atoms with Gasteiger partial charge in [0.15, 0.2) is 5.65 Å². The lowest BCUT2D eigenvalue weighted by Crippen LogP contribution is -2.24. The number of nitrogens with zero attached hydrogens (tertiary/aromatic N) is 3. The van der Waals surface area contributed by atoms with Crippen LogP contribution in [0.3, 0.4) is 0 Å². The molecule has 0 amide bonds. The van der Waals surface area contributed by atoms with E-state index in [1.165, 1.54) is 11.3 Å². The van der Waals surface area contributed by atoms with Crippen LogP contribution in [0.15, 0.2) is 18.2 Å². The maximum Gasteiger partial charge on any atom is 0.165 e. The minimum atomic E-state index is 0.